The Kier molecular flexibility index (Phi) is 22.4. The summed E-state index contributed by atoms with van der Waals surface area (Å²) < 4.78 is 5.31. The summed E-state index contributed by atoms with van der Waals surface area (Å²) in [6.07, 6.45) is 3.88. The SMILES string of the molecule is CCC(C)[C@H](NC(=O)[C@H](Cc1ccc(OC)cc1)NC(=O)[C@@H](NC(=O)[C@H](CCCN=C(N)N)NC(=O)CNC)C(C)C)C(=O)N[C@@H](Cc1cnc[nH]1)C(=O)N1CC[C@H]1C(=O)N[C@@H](Cc1ccccc1)C(=O)O. The van der Waals surface area contributed by atoms with Crippen LogP contribution >= 0.6 is 0 Å². The van der Waals surface area contributed by atoms with Crippen molar-refractivity contribution in [1.29, 1.82) is 0 Å². The van der Waals surface area contributed by atoms with Crippen molar-refractivity contribution in [3.63, 3.8) is 0 Å². The molecule has 1 unspecified atom stereocenters. The third-order valence-corrected chi connectivity index (χ3v) is 12.3. The van der Waals surface area contributed by atoms with Crippen molar-refractivity contribution >= 4 is 53.3 Å². The third kappa shape index (κ3) is 17.4. The number of carboxylic acid groups (broad SMARTS) is 1. The molecular weight excluding hydrogens is 931 g/mol. The zero-order valence-electron chi connectivity index (χ0n) is 41.7. The third-order valence-electron chi connectivity index (χ3n) is 12.3. The normalized spacial score (nSPS) is 15.9. The Morgan fingerprint density at radius 1 is 0.792 bits per heavy atom. The number of amides is 7. The predicted molar refractivity (Wildman–Crippen MR) is 267 cm³/mol. The molecule has 1 aliphatic heterocycles. The number of carboxylic acids is 1. The molecular formula is C49H71N13O10. The van der Waals surface area contributed by atoms with E-state index in [0.29, 0.717) is 35.4 Å². The lowest BCUT2D eigenvalue weighted by Gasteiger charge is -2.42. The van der Waals surface area contributed by atoms with Crippen LogP contribution in [0.2, 0.25) is 0 Å². The summed E-state index contributed by atoms with van der Waals surface area (Å²) in [5.74, 6) is -6.42. The number of guanidine groups is 1. The van der Waals surface area contributed by atoms with Gasteiger partial charge in [-0.3, -0.25) is 38.6 Å². The number of nitrogens with one attached hydrogen (secondary N) is 8. The van der Waals surface area contributed by atoms with Crippen LogP contribution in [0.4, 0.5) is 0 Å². The van der Waals surface area contributed by atoms with Gasteiger partial charge in [-0.2, -0.15) is 0 Å². The molecule has 0 radical (unpaired) electrons. The number of likely N-dealkylation sites (N-methyl/N-ethyl adjacent to an activating group) is 1. The summed E-state index contributed by atoms with van der Waals surface area (Å²) in [6.45, 7) is 7.23. The van der Waals surface area contributed by atoms with E-state index in [9.17, 15) is 43.5 Å². The van der Waals surface area contributed by atoms with E-state index in [1.54, 1.807) is 82.4 Å². The van der Waals surface area contributed by atoms with Crippen molar-refractivity contribution in [3.8, 4) is 5.75 Å². The molecule has 1 fully saturated rings. The van der Waals surface area contributed by atoms with Crippen LogP contribution in [0.3, 0.4) is 0 Å². The maximum atomic E-state index is 14.6. The fourth-order valence-electron chi connectivity index (χ4n) is 7.91. The van der Waals surface area contributed by atoms with E-state index >= 15 is 0 Å². The maximum Gasteiger partial charge on any atom is 0.326 e. The first kappa shape index (κ1) is 57.0. The van der Waals surface area contributed by atoms with Crippen LogP contribution in [0, 0.1) is 11.8 Å². The Morgan fingerprint density at radius 3 is 1.99 bits per heavy atom. The topological polar surface area (TPSA) is 347 Å². The van der Waals surface area contributed by atoms with Gasteiger partial charge in [-0.05, 0) is 61.4 Å². The van der Waals surface area contributed by atoms with Crippen LogP contribution in [0.1, 0.15) is 70.2 Å². The number of aliphatic imine (C=N–C) groups is 1. The molecule has 1 aliphatic rings. The summed E-state index contributed by atoms with van der Waals surface area (Å²) in [4.78, 5) is 122. The largest absolute Gasteiger partial charge is 0.497 e. The summed E-state index contributed by atoms with van der Waals surface area (Å²) in [7, 11) is 3.08. The maximum absolute atomic E-state index is 14.6. The van der Waals surface area contributed by atoms with Crippen molar-refractivity contribution in [2.45, 2.75) is 115 Å². The number of hydrogen-bond acceptors (Lipinski definition) is 12. The van der Waals surface area contributed by atoms with Gasteiger partial charge < -0.3 is 68.4 Å². The number of likely N-dealkylation sites (tertiary alicyclic amines) is 1. The molecule has 392 valence electrons. The highest BCUT2D eigenvalue weighted by molar-refractivity contribution is 5.98. The Labute approximate surface area is 419 Å². The van der Waals surface area contributed by atoms with Gasteiger partial charge in [0, 0.05) is 44.2 Å². The lowest BCUT2D eigenvalue weighted by Crippen LogP contribution is -2.65. The molecule has 4 rings (SSSR count). The number of aromatic amines is 1. The highest BCUT2D eigenvalue weighted by atomic mass is 16.5. The lowest BCUT2D eigenvalue weighted by molar-refractivity contribution is -0.151. The number of aliphatic carboxylic acids is 1. The van der Waals surface area contributed by atoms with Gasteiger partial charge in [0.25, 0.3) is 0 Å². The van der Waals surface area contributed by atoms with Gasteiger partial charge in [0.05, 0.1) is 20.0 Å². The molecule has 2 aromatic carbocycles. The number of imidazole rings is 1. The average molecular weight is 1000 g/mol. The van der Waals surface area contributed by atoms with Gasteiger partial charge in [-0.1, -0.05) is 76.6 Å². The van der Waals surface area contributed by atoms with Crippen LogP contribution < -0.4 is 53.4 Å². The summed E-state index contributed by atoms with van der Waals surface area (Å²) >= 11 is 0. The molecule has 1 saturated heterocycles. The highest BCUT2D eigenvalue weighted by Crippen LogP contribution is 2.22. The van der Waals surface area contributed by atoms with Gasteiger partial charge in [-0.15, -0.1) is 0 Å². The minimum Gasteiger partial charge on any atom is -0.497 e. The molecule has 0 aliphatic carbocycles. The van der Waals surface area contributed by atoms with Gasteiger partial charge in [-0.25, -0.2) is 9.78 Å². The number of carbonyl (C=O) groups is 8. The van der Waals surface area contributed by atoms with E-state index in [1.165, 1.54) is 24.5 Å². The minimum absolute atomic E-state index is 0.0196. The second kappa shape index (κ2) is 28.3. The summed E-state index contributed by atoms with van der Waals surface area (Å²) in [5.41, 5.74) is 12.7. The highest BCUT2D eigenvalue weighted by Gasteiger charge is 2.43. The van der Waals surface area contributed by atoms with E-state index in [2.05, 4.69) is 52.2 Å². The number of hydrogen-bond donors (Lipinski definition) is 11. The van der Waals surface area contributed by atoms with Crippen LogP contribution in [0.15, 0.2) is 72.1 Å². The van der Waals surface area contributed by atoms with Gasteiger partial charge >= 0.3 is 5.97 Å². The molecule has 0 bridgehead atoms. The predicted octanol–water partition coefficient (Wildman–Crippen LogP) is -0.984. The van der Waals surface area contributed by atoms with Crippen molar-refractivity contribution in [2.75, 3.05) is 33.8 Å². The number of rotatable bonds is 29. The minimum atomic E-state index is -1.31. The summed E-state index contributed by atoms with van der Waals surface area (Å²) in [5, 5.41) is 29.1. The number of benzene rings is 2. The molecule has 8 atom stereocenters. The van der Waals surface area contributed by atoms with Crippen LogP contribution in [-0.4, -0.2) is 149 Å². The first-order chi connectivity index (χ1) is 34.3. The van der Waals surface area contributed by atoms with Gasteiger partial charge in [0.15, 0.2) is 5.96 Å². The van der Waals surface area contributed by atoms with Crippen molar-refractivity contribution < 1.29 is 48.2 Å². The second-order valence-corrected chi connectivity index (χ2v) is 18.1. The smallest absolute Gasteiger partial charge is 0.326 e. The van der Waals surface area contributed by atoms with Gasteiger partial charge in [0.2, 0.25) is 41.4 Å². The van der Waals surface area contributed by atoms with E-state index < -0.39 is 101 Å². The van der Waals surface area contributed by atoms with Crippen molar-refractivity contribution in [1.82, 2.24) is 52.1 Å². The van der Waals surface area contributed by atoms with Crippen LogP contribution in [0.25, 0.3) is 0 Å². The number of aromatic nitrogens is 2. The first-order valence-corrected chi connectivity index (χ1v) is 24.0. The lowest BCUT2D eigenvalue weighted by atomic mass is 9.95. The van der Waals surface area contributed by atoms with E-state index in [4.69, 9.17) is 16.2 Å². The van der Waals surface area contributed by atoms with E-state index in [1.807, 2.05) is 6.92 Å². The Balaban J connectivity index is 1.57. The second-order valence-electron chi connectivity index (χ2n) is 18.1. The molecule has 3 aromatic rings. The number of methoxy groups -OCH3 is 1. The van der Waals surface area contributed by atoms with Crippen molar-refractivity contribution in [2.24, 2.45) is 28.3 Å². The number of ether oxygens (including phenoxy) is 1. The molecule has 2 heterocycles. The monoisotopic (exact) mass is 1000 g/mol. The van der Waals surface area contributed by atoms with E-state index in [-0.39, 0.29) is 57.7 Å². The Bertz CT molecular complexity index is 2310. The average Bonchev–Trinajstić information content (AvgIpc) is 3.85. The summed E-state index contributed by atoms with van der Waals surface area (Å²) in [6, 6.07) is 7.24. The molecule has 0 saturated carbocycles. The fraction of sp³-hybridized carbons (Fsp3) is 0.510. The number of nitrogens with zero attached hydrogens (tertiary/aromatic N) is 3. The van der Waals surface area contributed by atoms with Crippen molar-refractivity contribution in [3.05, 3.63) is 83.9 Å². The molecule has 0 spiro atoms. The molecule has 1 aromatic heterocycles. The van der Waals surface area contributed by atoms with E-state index in [0.717, 1.165) is 0 Å². The zero-order valence-corrected chi connectivity index (χ0v) is 41.7. The van der Waals surface area contributed by atoms with Gasteiger partial charge in [0.1, 0.15) is 48.0 Å². The zero-order chi connectivity index (χ0) is 52.9. The van der Waals surface area contributed by atoms with Crippen LogP contribution in [-0.2, 0) is 57.6 Å². The molecule has 7 amide bonds. The standard InChI is InChI=1S/C49H71N13O10/c1-7-29(4)41(46(68)58-36(24-32-25-53-27-55-32)47(69)62-21-19-38(62)44(66)59-37(48(70)71)23-30-12-9-8-10-13-30)61-43(65)35(22-31-15-17-33(72-6)18-16-31)57-45(67)40(28(2)3)60-42(64)34(56-39(63)26-52-5)14-11-20-54-49(50)51/h8-10,12-13,15-18,25,27-29,34-38,40-41,52H,7,11,14,19-24,26H2,1-6H3,(H,53,55)(H,56,63)(H,57,67)(H,58,68)(H,59,66)(H,60,64)(H,61,65)(H,70,71)(H4,50,51,54)/t29?,34-,35-,36-,37-,38-,40-,41-/m0/s1. The quantitative estimate of drug-likeness (QED) is 0.0226. The van der Waals surface area contributed by atoms with Crippen LogP contribution in [0.5, 0.6) is 5.75 Å². The Morgan fingerprint density at radius 2 is 1.42 bits per heavy atom. The molecule has 13 N–H and O–H groups in total. The first-order valence-electron chi connectivity index (χ1n) is 24.0. The fourth-order valence-corrected chi connectivity index (χ4v) is 7.91. The molecule has 23 heteroatoms. The molecule has 72 heavy (non-hydrogen) atoms. The Hall–Kier alpha value is -7.56. The molecule has 23 nitrogen and oxygen atoms in total. The number of H-pyrrole nitrogens is 1. The number of nitrogens with two attached hydrogens (primary N) is 2. The number of carbonyl (C=O) groups excluding carboxylic acids is 7.